The first kappa shape index (κ1) is 15.7. The predicted molar refractivity (Wildman–Crippen MR) is 99.5 cm³/mol. The summed E-state index contributed by atoms with van der Waals surface area (Å²) in [5.74, 6) is 1.16. The molecule has 3 aromatic heterocycles. The number of anilines is 2. The van der Waals surface area contributed by atoms with Crippen molar-refractivity contribution in [3.05, 3.63) is 62.6 Å². The molecule has 4 heterocycles. The summed E-state index contributed by atoms with van der Waals surface area (Å²) in [7, 11) is 1.62. The van der Waals surface area contributed by atoms with Crippen LogP contribution >= 0.6 is 11.3 Å². The average molecular weight is 379 g/mol. The quantitative estimate of drug-likeness (QED) is 0.494. The van der Waals surface area contributed by atoms with Crippen LogP contribution in [0.15, 0.2) is 46.6 Å². The third kappa shape index (κ3) is 2.41. The highest BCUT2D eigenvalue weighted by Crippen LogP contribution is 2.42. The van der Waals surface area contributed by atoms with Crippen LogP contribution in [-0.4, -0.2) is 37.5 Å². The van der Waals surface area contributed by atoms with E-state index in [1.54, 1.807) is 23.1 Å². The lowest BCUT2D eigenvalue weighted by atomic mass is 9.96. The largest absolute Gasteiger partial charge is 0.497 e. The zero-order valence-electron chi connectivity index (χ0n) is 14.1. The molecule has 1 aliphatic rings. The van der Waals surface area contributed by atoms with Gasteiger partial charge in [0.2, 0.25) is 5.95 Å². The highest BCUT2D eigenvalue weighted by atomic mass is 32.1. The van der Waals surface area contributed by atoms with Crippen LogP contribution in [0.1, 0.15) is 16.5 Å². The first-order valence-electron chi connectivity index (χ1n) is 8.11. The fraction of sp³-hybridized carbons (Fsp3) is 0.118. The van der Waals surface area contributed by atoms with E-state index < -0.39 is 0 Å². The van der Waals surface area contributed by atoms with Crippen LogP contribution in [0.5, 0.6) is 5.75 Å². The second-order valence-corrected chi connectivity index (χ2v) is 6.89. The molecule has 5 rings (SSSR count). The number of hydrogen-bond acceptors (Lipinski definition) is 8. The molecule has 0 aliphatic carbocycles. The zero-order chi connectivity index (χ0) is 18.4. The molecule has 1 atom stereocenters. The van der Waals surface area contributed by atoms with E-state index in [1.165, 1.54) is 0 Å². The van der Waals surface area contributed by atoms with E-state index in [2.05, 4.69) is 31.0 Å². The average Bonchev–Trinajstić information content (AvgIpc) is 3.39. The molecule has 4 aromatic rings. The molecule has 0 unspecified atom stereocenters. The standard InChI is InChI=1S/C17H13N7O2S/c1-26-10-6-4-9(5-7-10)13-12-14(16(25)20-19-13)18-17-21-22-23-24(17)15(12)11-3-2-8-27-11/h2-8,15H,1H3,(H,20,25)(H,18,21,23)/t15-/m0/s1. The summed E-state index contributed by atoms with van der Waals surface area (Å²) in [6.45, 7) is 0. The van der Waals surface area contributed by atoms with Gasteiger partial charge in [0.05, 0.1) is 12.8 Å². The molecule has 134 valence electrons. The summed E-state index contributed by atoms with van der Waals surface area (Å²) in [5.41, 5.74) is 2.31. The third-order valence-corrected chi connectivity index (χ3v) is 5.37. The van der Waals surface area contributed by atoms with Crippen LogP contribution < -0.4 is 15.6 Å². The van der Waals surface area contributed by atoms with E-state index in [0.29, 0.717) is 17.3 Å². The van der Waals surface area contributed by atoms with Crippen molar-refractivity contribution in [2.24, 2.45) is 0 Å². The van der Waals surface area contributed by atoms with Crippen LogP contribution in [-0.2, 0) is 0 Å². The van der Waals surface area contributed by atoms with Gasteiger partial charge in [0.25, 0.3) is 5.56 Å². The van der Waals surface area contributed by atoms with Crippen LogP contribution in [0.4, 0.5) is 11.6 Å². The Hall–Kier alpha value is -3.53. The molecule has 1 aromatic carbocycles. The minimum Gasteiger partial charge on any atom is -0.497 e. The van der Waals surface area contributed by atoms with Gasteiger partial charge >= 0.3 is 0 Å². The molecule has 0 bridgehead atoms. The second-order valence-electron chi connectivity index (χ2n) is 5.91. The lowest BCUT2D eigenvalue weighted by molar-refractivity contribution is 0.415. The normalized spacial score (nSPS) is 14.9. The fourth-order valence-corrected chi connectivity index (χ4v) is 4.03. The zero-order valence-corrected chi connectivity index (χ0v) is 14.9. The number of fused-ring (bicyclic) bond motifs is 2. The van der Waals surface area contributed by atoms with E-state index in [9.17, 15) is 4.79 Å². The summed E-state index contributed by atoms with van der Waals surface area (Å²) in [6, 6.07) is 11.1. The van der Waals surface area contributed by atoms with Crippen molar-refractivity contribution in [2.45, 2.75) is 6.04 Å². The van der Waals surface area contributed by atoms with Crippen LogP contribution in [0.25, 0.3) is 11.3 Å². The molecule has 10 heteroatoms. The fourth-order valence-electron chi connectivity index (χ4n) is 3.22. The minimum absolute atomic E-state index is 0.321. The SMILES string of the molecule is COc1ccc(-c2n[nH]c(=O)c3c2[C@H](c2cccs2)n2nnnc2N3)cc1. The van der Waals surface area contributed by atoms with Crippen LogP contribution in [0, 0.1) is 0 Å². The molecule has 9 nitrogen and oxygen atoms in total. The van der Waals surface area contributed by atoms with E-state index in [4.69, 9.17) is 4.74 Å². The molecule has 0 spiro atoms. The lowest BCUT2D eigenvalue weighted by Gasteiger charge is -2.26. The Morgan fingerprint density at radius 2 is 2.07 bits per heavy atom. The number of ether oxygens (including phenoxy) is 1. The predicted octanol–water partition coefficient (Wildman–Crippen LogP) is 2.19. The molecule has 2 N–H and O–H groups in total. The van der Waals surface area contributed by atoms with Gasteiger partial charge in [-0.1, -0.05) is 11.2 Å². The monoisotopic (exact) mass is 379 g/mol. The maximum atomic E-state index is 12.5. The molecule has 0 saturated carbocycles. The van der Waals surface area contributed by atoms with Gasteiger partial charge in [0.15, 0.2) is 0 Å². The summed E-state index contributed by atoms with van der Waals surface area (Å²) in [6.07, 6.45) is 0. The number of methoxy groups -OCH3 is 1. The Kier molecular flexibility index (Phi) is 3.50. The van der Waals surface area contributed by atoms with Gasteiger partial charge in [-0.15, -0.1) is 11.3 Å². The Bertz CT molecular complexity index is 1160. The number of nitrogens with zero attached hydrogens (tertiary/aromatic N) is 5. The van der Waals surface area contributed by atoms with Gasteiger partial charge in [-0.2, -0.15) is 9.78 Å². The minimum atomic E-state index is -0.349. The van der Waals surface area contributed by atoms with Crippen molar-refractivity contribution in [1.82, 2.24) is 30.4 Å². The number of rotatable bonds is 3. The van der Waals surface area contributed by atoms with Crippen molar-refractivity contribution < 1.29 is 4.74 Å². The van der Waals surface area contributed by atoms with Gasteiger partial charge in [-0.05, 0) is 46.1 Å². The Labute approximate surface area is 156 Å². The van der Waals surface area contributed by atoms with Crippen molar-refractivity contribution in [3.8, 4) is 17.0 Å². The summed E-state index contributed by atoms with van der Waals surface area (Å²) in [5, 5.41) is 23.8. The van der Waals surface area contributed by atoms with Gasteiger partial charge in [-0.3, -0.25) is 4.79 Å². The van der Waals surface area contributed by atoms with Crippen LogP contribution in [0.3, 0.4) is 0 Å². The molecule has 0 fully saturated rings. The Morgan fingerprint density at radius 3 is 2.81 bits per heavy atom. The molecule has 1 aliphatic heterocycles. The molecule has 0 amide bonds. The topological polar surface area (TPSA) is 111 Å². The van der Waals surface area contributed by atoms with Crippen molar-refractivity contribution in [3.63, 3.8) is 0 Å². The van der Waals surface area contributed by atoms with E-state index in [1.807, 2.05) is 41.8 Å². The molecule has 27 heavy (non-hydrogen) atoms. The molecular formula is C17H13N7O2S. The smallest absolute Gasteiger partial charge is 0.288 e. The van der Waals surface area contributed by atoms with Gasteiger partial charge in [-0.25, -0.2) is 5.10 Å². The van der Waals surface area contributed by atoms with Gasteiger partial charge in [0, 0.05) is 16.0 Å². The number of thiophene rings is 1. The molecular weight excluding hydrogens is 366 g/mol. The van der Waals surface area contributed by atoms with Gasteiger partial charge < -0.3 is 10.1 Å². The summed E-state index contributed by atoms with van der Waals surface area (Å²) < 4.78 is 6.90. The number of hydrogen-bond donors (Lipinski definition) is 2. The maximum absolute atomic E-state index is 12.5. The number of nitrogens with one attached hydrogen (secondary N) is 2. The third-order valence-electron chi connectivity index (χ3n) is 4.44. The van der Waals surface area contributed by atoms with Crippen molar-refractivity contribution in [2.75, 3.05) is 12.4 Å². The second kappa shape index (κ2) is 6.02. The highest BCUT2D eigenvalue weighted by Gasteiger charge is 2.34. The maximum Gasteiger partial charge on any atom is 0.288 e. The molecule has 0 saturated heterocycles. The summed E-state index contributed by atoms with van der Waals surface area (Å²) >= 11 is 1.57. The van der Waals surface area contributed by atoms with E-state index in [-0.39, 0.29) is 11.6 Å². The summed E-state index contributed by atoms with van der Waals surface area (Å²) in [4.78, 5) is 13.5. The Morgan fingerprint density at radius 1 is 1.22 bits per heavy atom. The lowest BCUT2D eigenvalue weighted by Crippen LogP contribution is -2.28. The number of aromatic nitrogens is 6. The highest BCUT2D eigenvalue weighted by molar-refractivity contribution is 7.10. The van der Waals surface area contributed by atoms with E-state index in [0.717, 1.165) is 21.8 Å². The number of tetrazole rings is 1. The number of H-pyrrole nitrogens is 1. The van der Waals surface area contributed by atoms with Gasteiger partial charge in [0.1, 0.15) is 17.5 Å². The number of aromatic amines is 1. The first-order valence-corrected chi connectivity index (χ1v) is 8.99. The Balaban J connectivity index is 1.78. The van der Waals surface area contributed by atoms with Crippen molar-refractivity contribution in [1.29, 1.82) is 0 Å². The number of benzene rings is 1. The van der Waals surface area contributed by atoms with Crippen LogP contribution in [0.2, 0.25) is 0 Å². The van der Waals surface area contributed by atoms with E-state index >= 15 is 0 Å². The van der Waals surface area contributed by atoms with Crippen molar-refractivity contribution >= 4 is 23.0 Å². The molecule has 0 radical (unpaired) electrons. The first-order chi connectivity index (χ1) is 13.3.